The molecular formula is C14H15N3. The molecule has 1 aromatic carbocycles. The average molecular weight is 225 g/mol. The monoisotopic (exact) mass is 225 g/mol. The van der Waals surface area contributed by atoms with Crippen LogP contribution in [0.25, 0.3) is 10.9 Å². The molecule has 0 spiro atoms. The van der Waals surface area contributed by atoms with E-state index in [9.17, 15) is 0 Å². The van der Waals surface area contributed by atoms with Crippen LogP contribution in [0.4, 0.5) is 0 Å². The van der Waals surface area contributed by atoms with E-state index < -0.39 is 0 Å². The summed E-state index contributed by atoms with van der Waals surface area (Å²) >= 11 is 0. The number of pyridine rings is 1. The van der Waals surface area contributed by atoms with Crippen LogP contribution in [0.5, 0.6) is 0 Å². The maximum Gasteiger partial charge on any atom is 0.0746 e. The van der Waals surface area contributed by atoms with Crippen molar-refractivity contribution in [1.82, 2.24) is 9.88 Å². The number of aromatic nitrogens is 1. The standard InChI is InChI=1S/C14H15N3/c1-17(10-4-8-15)11-13-6-2-5-12-7-3-9-16-14(12)13/h2-3,5-7,9H,4,10-11H2,1H3. The lowest BCUT2D eigenvalue weighted by Crippen LogP contribution is -2.19. The van der Waals surface area contributed by atoms with Crippen molar-refractivity contribution in [1.29, 1.82) is 5.26 Å². The number of fused-ring (bicyclic) bond motifs is 1. The summed E-state index contributed by atoms with van der Waals surface area (Å²) < 4.78 is 0. The quantitative estimate of drug-likeness (QED) is 0.803. The molecule has 0 fully saturated rings. The normalized spacial score (nSPS) is 10.6. The lowest BCUT2D eigenvalue weighted by atomic mass is 10.1. The molecule has 0 atom stereocenters. The molecule has 86 valence electrons. The summed E-state index contributed by atoms with van der Waals surface area (Å²) in [5.74, 6) is 0. The lowest BCUT2D eigenvalue weighted by Gasteiger charge is -2.15. The number of rotatable bonds is 4. The van der Waals surface area contributed by atoms with Crippen molar-refractivity contribution in [3.63, 3.8) is 0 Å². The van der Waals surface area contributed by atoms with Gasteiger partial charge in [0.2, 0.25) is 0 Å². The highest BCUT2D eigenvalue weighted by Gasteiger charge is 2.04. The number of nitriles is 1. The van der Waals surface area contributed by atoms with Gasteiger partial charge in [-0.2, -0.15) is 5.26 Å². The van der Waals surface area contributed by atoms with Gasteiger partial charge in [-0.25, -0.2) is 0 Å². The van der Waals surface area contributed by atoms with Gasteiger partial charge in [-0.05, 0) is 18.7 Å². The Morgan fingerprint density at radius 1 is 1.29 bits per heavy atom. The van der Waals surface area contributed by atoms with Crippen molar-refractivity contribution in [2.45, 2.75) is 13.0 Å². The predicted molar refractivity (Wildman–Crippen MR) is 68.3 cm³/mol. The Bertz CT molecular complexity index is 537. The Labute approximate surface area is 101 Å². The maximum absolute atomic E-state index is 8.56. The fourth-order valence-electron chi connectivity index (χ4n) is 1.91. The number of benzene rings is 1. The lowest BCUT2D eigenvalue weighted by molar-refractivity contribution is 0.336. The van der Waals surface area contributed by atoms with Gasteiger partial charge in [0.25, 0.3) is 0 Å². The predicted octanol–water partition coefficient (Wildman–Crippen LogP) is 2.58. The molecule has 3 heteroatoms. The molecule has 0 bridgehead atoms. The summed E-state index contributed by atoms with van der Waals surface area (Å²) in [4.78, 5) is 6.57. The van der Waals surface area contributed by atoms with Crippen molar-refractivity contribution in [3.8, 4) is 6.07 Å². The highest BCUT2D eigenvalue weighted by molar-refractivity contribution is 5.81. The zero-order chi connectivity index (χ0) is 12.1. The summed E-state index contributed by atoms with van der Waals surface area (Å²) in [5.41, 5.74) is 2.27. The molecule has 0 aliphatic rings. The Morgan fingerprint density at radius 3 is 2.94 bits per heavy atom. The Hall–Kier alpha value is -1.92. The van der Waals surface area contributed by atoms with Gasteiger partial charge in [-0.1, -0.05) is 24.3 Å². The minimum absolute atomic E-state index is 0.564. The van der Waals surface area contributed by atoms with E-state index in [0.717, 1.165) is 18.6 Å². The van der Waals surface area contributed by atoms with Crippen LogP contribution in [0.15, 0.2) is 36.5 Å². The molecule has 0 aliphatic heterocycles. The molecule has 1 heterocycles. The zero-order valence-electron chi connectivity index (χ0n) is 9.93. The third-order valence-corrected chi connectivity index (χ3v) is 2.76. The third kappa shape index (κ3) is 2.80. The van der Waals surface area contributed by atoms with Crippen molar-refractivity contribution >= 4 is 10.9 Å². The van der Waals surface area contributed by atoms with Crippen molar-refractivity contribution in [2.24, 2.45) is 0 Å². The van der Waals surface area contributed by atoms with Gasteiger partial charge in [-0.15, -0.1) is 0 Å². The van der Waals surface area contributed by atoms with Crippen LogP contribution < -0.4 is 0 Å². The van der Waals surface area contributed by atoms with E-state index in [1.54, 1.807) is 0 Å². The molecule has 0 unspecified atom stereocenters. The molecule has 0 saturated carbocycles. The topological polar surface area (TPSA) is 39.9 Å². The molecule has 17 heavy (non-hydrogen) atoms. The van der Waals surface area contributed by atoms with E-state index in [2.05, 4.69) is 40.2 Å². The fourth-order valence-corrected chi connectivity index (χ4v) is 1.91. The summed E-state index contributed by atoms with van der Waals surface area (Å²) in [6, 6.07) is 12.4. The van der Waals surface area contributed by atoms with Gasteiger partial charge < -0.3 is 4.90 Å². The van der Waals surface area contributed by atoms with Gasteiger partial charge in [0.1, 0.15) is 0 Å². The first-order chi connectivity index (χ1) is 8.31. The molecule has 0 aliphatic carbocycles. The van der Waals surface area contributed by atoms with Crippen molar-refractivity contribution < 1.29 is 0 Å². The van der Waals surface area contributed by atoms with Crippen molar-refractivity contribution in [2.75, 3.05) is 13.6 Å². The van der Waals surface area contributed by atoms with Gasteiger partial charge in [0, 0.05) is 31.1 Å². The van der Waals surface area contributed by atoms with E-state index in [-0.39, 0.29) is 0 Å². The van der Waals surface area contributed by atoms with E-state index in [1.165, 1.54) is 10.9 Å². The molecule has 0 amide bonds. The maximum atomic E-state index is 8.56. The van der Waals surface area contributed by atoms with Crippen LogP contribution in [0.1, 0.15) is 12.0 Å². The van der Waals surface area contributed by atoms with Crippen molar-refractivity contribution in [3.05, 3.63) is 42.1 Å². The van der Waals surface area contributed by atoms with Gasteiger partial charge in [0.15, 0.2) is 0 Å². The second-order valence-electron chi connectivity index (χ2n) is 4.14. The molecule has 3 nitrogen and oxygen atoms in total. The van der Waals surface area contributed by atoms with E-state index in [4.69, 9.17) is 5.26 Å². The number of nitrogens with zero attached hydrogens (tertiary/aromatic N) is 3. The van der Waals surface area contributed by atoms with Crippen LogP contribution in [-0.2, 0) is 6.54 Å². The first-order valence-electron chi connectivity index (χ1n) is 5.69. The Balaban J connectivity index is 2.21. The molecule has 0 saturated heterocycles. The molecule has 1 aromatic heterocycles. The molecular weight excluding hydrogens is 210 g/mol. The minimum Gasteiger partial charge on any atom is -0.301 e. The number of hydrogen-bond donors (Lipinski definition) is 0. The van der Waals surface area contributed by atoms with E-state index >= 15 is 0 Å². The Morgan fingerprint density at radius 2 is 2.12 bits per heavy atom. The number of hydrogen-bond acceptors (Lipinski definition) is 3. The summed E-state index contributed by atoms with van der Waals surface area (Å²) in [5, 5.41) is 9.73. The van der Waals surface area contributed by atoms with Crippen LogP contribution >= 0.6 is 0 Å². The van der Waals surface area contributed by atoms with Crippen LogP contribution in [0.3, 0.4) is 0 Å². The second-order valence-corrected chi connectivity index (χ2v) is 4.14. The second kappa shape index (κ2) is 5.42. The molecule has 2 aromatic rings. The molecule has 0 radical (unpaired) electrons. The van der Waals surface area contributed by atoms with E-state index in [0.29, 0.717) is 6.42 Å². The van der Waals surface area contributed by atoms with Gasteiger partial charge in [0.05, 0.1) is 11.6 Å². The largest absolute Gasteiger partial charge is 0.301 e. The average Bonchev–Trinajstić information content (AvgIpc) is 2.37. The molecule has 0 N–H and O–H groups in total. The third-order valence-electron chi connectivity index (χ3n) is 2.76. The highest BCUT2D eigenvalue weighted by atomic mass is 15.1. The van der Waals surface area contributed by atoms with Gasteiger partial charge in [-0.3, -0.25) is 4.98 Å². The Kier molecular flexibility index (Phi) is 3.69. The SMILES string of the molecule is CN(CCC#N)Cc1cccc2cccnc12. The highest BCUT2D eigenvalue weighted by Crippen LogP contribution is 2.17. The summed E-state index contributed by atoms with van der Waals surface area (Å²) in [6.45, 7) is 1.62. The minimum atomic E-state index is 0.564. The first kappa shape index (κ1) is 11.6. The van der Waals surface area contributed by atoms with E-state index in [1.807, 2.05) is 19.3 Å². The summed E-state index contributed by atoms with van der Waals surface area (Å²) in [6.07, 6.45) is 2.38. The van der Waals surface area contributed by atoms with Crippen LogP contribution in [0.2, 0.25) is 0 Å². The number of para-hydroxylation sites is 1. The smallest absolute Gasteiger partial charge is 0.0746 e. The van der Waals surface area contributed by atoms with Crippen LogP contribution in [0, 0.1) is 11.3 Å². The molecule has 2 rings (SSSR count). The van der Waals surface area contributed by atoms with Gasteiger partial charge >= 0.3 is 0 Å². The summed E-state index contributed by atoms with van der Waals surface area (Å²) in [7, 11) is 2.03. The fraction of sp³-hybridized carbons (Fsp3) is 0.286. The zero-order valence-corrected chi connectivity index (χ0v) is 9.93. The first-order valence-corrected chi connectivity index (χ1v) is 5.69. The van der Waals surface area contributed by atoms with Crippen LogP contribution in [-0.4, -0.2) is 23.5 Å².